The second kappa shape index (κ2) is 4.68. The molecule has 2 rings (SSSR count). The first-order valence-corrected chi connectivity index (χ1v) is 5.39. The molecule has 2 atom stereocenters. The summed E-state index contributed by atoms with van der Waals surface area (Å²) >= 11 is 0. The lowest BCUT2D eigenvalue weighted by atomic mass is 10.2. The topological polar surface area (TPSA) is 84.6 Å². The van der Waals surface area contributed by atoms with E-state index in [1.54, 1.807) is 19.1 Å². The SMILES string of the molecule is Cc1cccc([N+](=O)[O-])c1O[C@H]1CNC[C@@H]1O. The Bertz CT molecular complexity index is 435. The number of para-hydroxylation sites is 1. The summed E-state index contributed by atoms with van der Waals surface area (Å²) in [7, 11) is 0. The average molecular weight is 238 g/mol. The van der Waals surface area contributed by atoms with Crippen LogP contribution in [0.2, 0.25) is 0 Å². The average Bonchev–Trinajstić information content (AvgIpc) is 2.67. The molecule has 1 aromatic rings. The number of hydrogen-bond acceptors (Lipinski definition) is 5. The highest BCUT2D eigenvalue weighted by Gasteiger charge is 2.29. The van der Waals surface area contributed by atoms with E-state index in [4.69, 9.17) is 4.74 Å². The maximum absolute atomic E-state index is 10.9. The number of nitro groups is 1. The molecule has 2 N–H and O–H groups in total. The highest BCUT2D eigenvalue weighted by molar-refractivity contribution is 5.51. The van der Waals surface area contributed by atoms with Crippen molar-refractivity contribution in [3.05, 3.63) is 33.9 Å². The van der Waals surface area contributed by atoms with Crippen molar-refractivity contribution >= 4 is 5.69 Å². The van der Waals surface area contributed by atoms with Gasteiger partial charge in [-0.25, -0.2) is 0 Å². The molecular formula is C11H14N2O4. The van der Waals surface area contributed by atoms with E-state index < -0.39 is 17.1 Å². The third-order valence-corrected chi connectivity index (χ3v) is 2.79. The van der Waals surface area contributed by atoms with Gasteiger partial charge in [-0.05, 0) is 12.5 Å². The fourth-order valence-corrected chi connectivity index (χ4v) is 1.85. The fraction of sp³-hybridized carbons (Fsp3) is 0.455. The number of nitro benzene ring substituents is 1. The van der Waals surface area contributed by atoms with Crippen molar-refractivity contribution in [2.75, 3.05) is 13.1 Å². The number of hydrogen-bond donors (Lipinski definition) is 2. The molecule has 0 saturated carbocycles. The number of rotatable bonds is 3. The van der Waals surface area contributed by atoms with Gasteiger partial charge in [0.2, 0.25) is 0 Å². The first kappa shape index (κ1) is 11.8. The molecule has 0 unspecified atom stereocenters. The van der Waals surface area contributed by atoms with E-state index in [0.29, 0.717) is 18.7 Å². The molecule has 17 heavy (non-hydrogen) atoms. The number of benzene rings is 1. The Labute approximate surface area is 98.4 Å². The largest absolute Gasteiger partial charge is 0.479 e. The molecule has 6 heteroatoms. The Balaban J connectivity index is 2.27. The molecule has 1 saturated heterocycles. The van der Waals surface area contributed by atoms with Gasteiger partial charge in [0.15, 0.2) is 5.75 Å². The van der Waals surface area contributed by atoms with Gasteiger partial charge in [0.25, 0.3) is 0 Å². The predicted octanol–water partition coefficient (Wildman–Crippen LogP) is 0.615. The zero-order valence-electron chi connectivity index (χ0n) is 9.42. The van der Waals surface area contributed by atoms with Crippen LogP contribution in [0.25, 0.3) is 0 Å². The highest BCUT2D eigenvalue weighted by Crippen LogP contribution is 2.31. The van der Waals surface area contributed by atoms with E-state index in [0.717, 1.165) is 0 Å². The number of nitrogens with one attached hydrogen (secondary N) is 1. The third kappa shape index (κ3) is 2.37. The van der Waals surface area contributed by atoms with Crippen molar-refractivity contribution in [3.63, 3.8) is 0 Å². The lowest BCUT2D eigenvalue weighted by Crippen LogP contribution is -2.30. The molecule has 6 nitrogen and oxygen atoms in total. The van der Waals surface area contributed by atoms with Crippen LogP contribution in [0.4, 0.5) is 5.69 Å². The van der Waals surface area contributed by atoms with Gasteiger partial charge >= 0.3 is 5.69 Å². The van der Waals surface area contributed by atoms with Crippen LogP contribution in [0, 0.1) is 17.0 Å². The Hall–Kier alpha value is -1.66. The lowest BCUT2D eigenvalue weighted by molar-refractivity contribution is -0.386. The van der Waals surface area contributed by atoms with E-state index in [1.165, 1.54) is 6.07 Å². The standard InChI is InChI=1S/C11H14N2O4/c1-7-3-2-4-8(13(15)16)11(7)17-10-6-12-5-9(10)14/h2-4,9-10,12,14H,5-6H2,1H3/t9-,10-/m0/s1. The monoisotopic (exact) mass is 238 g/mol. The quantitative estimate of drug-likeness (QED) is 0.595. The molecule has 0 aliphatic carbocycles. The Morgan fingerprint density at radius 3 is 2.88 bits per heavy atom. The zero-order valence-corrected chi connectivity index (χ0v) is 9.42. The van der Waals surface area contributed by atoms with Crippen LogP contribution in [0.15, 0.2) is 18.2 Å². The van der Waals surface area contributed by atoms with Gasteiger partial charge < -0.3 is 15.2 Å². The number of β-amino-alcohol motifs (C(OH)–C–C–N with tert-alkyl or cyclic N) is 1. The molecule has 0 radical (unpaired) electrons. The summed E-state index contributed by atoms with van der Waals surface area (Å²) in [6, 6.07) is 4.76. The van der Waals surface area contributed by atoms with Gasteiger partial charge in [0.1, 0.15) is 12.2 Å². The van der Waals surface area contributed by atoms with Crippen molar-refractivity contribution in [2.45, 2.75) is 19.1 Å². The summed E-state index contributed by atoms with van der Waals surface area (Å²) in [6.07, 6.45) is -1.07. The minimum atomic E-state index is -0.630. The number of aliphatic hydroxyl groups excluding tert-OH is 1. The van der Waals surface area contributed by atoms with Crippen LogP contribution in [0.5, 0.6) is 5.75 Å². The molecule has 0 aromatic heterocycles. The third-order valence-electron chi connectivity index (χ3n) is 2.79. The van der Waals surface area contributed by atoms with Crippen LogP contribution < -0.4 is 10.1 Å². The maximum atomic E-state index is 10.9. The molecule has 1 aliphatic heterocycles. The Morgan fingerprint density at radius 1 is 1.53 bits per heavy atom. The van der Waals surface area contributed by atoms with Gasteiger partial charge in [0.05, 0.1) is 4.92 Å². The molecular weight excluding hydrogens is 224 g/mol. The second-order valence-corrected chi connectivity index (χ2v) is 4.06. The van der Waals surface area contributed by atoms with Gasteiger partial charge in [-0.2, -0.15) is 0 Å². The van der Waals surface area contributed by atoms with E-state index in [1.807, 2.05) is 0 Å². The molecule has 1 heterocycles. The Morgan fingerprint density at radius 2 is 2.29 bits per heavy atom. The molecule has 1 aromatic carbocycles. The summed E-state index contributed by atoms with van der Waals surface area (Å²) in [5.41, 5.74) is 0.627. The van der Waals surface area contributed by atoms with Gasteiger partial charge in [0, 0.05) is 19.2 Å². The van der Waals surface area contributed by atoms with Gasteiger partial charge in [-0.15, -0.1) is 0 Å². The molecule has 92 valence electrons. The maximum Gasteiger partial charge on any atom is 0.311 e. The van der Waals surface area contributed by atoms with Crippen molar-refractivity contribution < 1.29 is 14.8 Å². The van der Waals surface area contributed by atoms with Crippen LogP contribution >= 0.6 is 0 Å². The van der Waals surface area contributed by atoms with Crippen molar-refractivity contribution in [2.24, 2.45) is 0 Å². The molecule has 1 fully saturated rings. The Kier molecular flexibility index (Phi) is 3.26. The van der Waals surface area contributed by atoms with Gasteiger partial charge in [-0.3, -0.25) is 10.1 Å². The number of nitrogens with zero attached hydrogens (tertiary/aromatic N) is 1. The van der Waals surface area contributed by atoms with E-state index in [9.17, 15) is 15.2 Å². The van der Waals surface area contributed by atoms with Crippen LogP contribution in [0.3, 0.4) is 0 Å². The minimum absolute atomic E-state index is 0.0656. The summed E-state index contributed by atoms with van der Waals surface area (Å²) in [5, 5.41) is 23.5. The van der Waals surface area contributed by atoms with Crippen LogP contribution in [0.1, 0.15) is 5.56 Å². The zero-order chi connectivity index (χ0) is 12.4. The second-order valence-electron chi connectivity index (χ2n) is 4.06. The normalized spacial score (nSPS) is 23.6. The first-order chi connectivity index (χ1) is 8.09. The number of aryl methyl sites for hydroxylation is 1. The summed E-state index contributed by atoms with van der Waals surface area (Å²) in [4.78, 5) is 10.4. The summed E-state index contributed by atoms with van der Waals surface area (Å²) in [6.45, 7) is 2.69. The van der Waals surface area contributed by atoms with Crippen molar-refractivity contribution in [1.82, 2.24) is 5.32 Å². The molecule has 0 spiro atoms. The minimum Gasteiger partial charge on any atom is -0.479 e. The van der Waals surface area contributed by atoms with E-state index >= 15 is 0 Å². The molecule has 1 aliphatic rings. The smallest absolute Gasteiger partial charge is 0.311 e. The fourth-order valence-electron chi connectivity index (χ4n) is 1.85. The van der Waals surface area contributed by atoms with Crippen molar-refractivity contribution in [1.29, 1.82) is 0 Å². The molecule has 0 amide bonds. The predicted molar refractivity (Wildman–Crippen MR) is 61.1 cm³/mol. The number of aliphatic hydroxyl groups is 1. The molecule has 0 bridgehead atoms. The lowest BCUT2D eigenvalue weighted by Gasteiger charge is -2.17. The van der Waals surface area contributed by atoms with E-state index in [2.05, 4.69) is 5.32 Å². The van der Waals surface area contributed by atoms with Gasteiger partial charge in [-0.1, -0.05) is 12.1 Å². The van der Waals surface area contributed by atoms with E-state index in [-0.39, 0.29) is 11.4 Å². The van der Waals surface area contributed by atoms with Crippen molar-refractivity contribution in [3.8, 4) is 5.75 Å². The number of ether oxygens (including phenoxy) is 1. The van der Waals surface area contributed by atoms with Crippen LogP contribution in [-0.4, -0.2) is 35.3 Å². The summed E-state index contributed by atoms with van der Waals surface area (Å²) in [5.74, 6) is 0.241. The first-order valence-electron chi connectivity index (χ1n) is 5.39. The van der Waals surface area contributed by atoms with Crippen LogP contribution in [-0.2, 0) is 0 Å². The summed E-state index contributed by atoms with van der Waals surface area (Å²) < 4.78 is 5.56. The highest BCUT2D eigenvalue weighted by atomic mass is 16.6.